The number of halogens is 1. The van der Waals surface area contributed by atoms with Gasteiger partial charge in [-0.3, -0.25) is 0 Å². The van der Waals surface area contributed by atoms with Gasteiger partial charge in [0.2, 0.25) is 0 Å². The van der Waals surface area contributed by atoms with Gasteiger partial charge in [0, 0.05) is 5.33 Å². The van der Waals surface area contributed by atoms with Gasteiger partial charge in [-0.1, -0.05) is 35.0 Å². The molecule has 0 bridgehead atoms. The molecule has 0 rings (SSSR count). The van der Waals surface area contributed by atoms with Gasteiger partial charge in [0.1, 0.15) is 0 Å². The molecule has 0 aliphatic rings. The van der Waals surface area contributed by atoms with Crippen LogP contribution in [0.4, 0.5) is 0 Å². The fourth-order valence-corrected chi connectivity index (χ4v) is 1.60. The standard InChI is InChI=1S/C7H13Br/c1-4-7(5-8)6(2)3/h7H,2,4-5H2,1,3H3/t7-/m1/s1. The molecule has 0 nitrogen and oxygen atoms in total. The molecule has 0 N–H and O–H groups in total. The Balaban J connectivity index is 3.52. The molecule has 0 saturated heterocycles. The molecule has 48 valence electrons. The topological polar surface area (TPSA) is 0 Å². The van der Waals surface area contributed by atoms with Gasteiger partial charge in [0.25, 0.3) is 0 Å². The Morgan fingerprint density at radius 1 is 1.75 bits per heavy atom. The lowest BCUT2D eigenvalue weighted by Crippen LogP contribution is -1.99. The molecule has 0 saturated carbocycles. The molecule has 1 heteroatoms. The SMILES string of the molecule is C=C(C)[C@H](CC)CBr. The molecule has 0 fully saturated rings. The molecule has 0 aromatic carbocycles. The van der Waals surface area contributed by atoms with Crippen LogP contribution >= 0.6 is 15.9 Å². The lowest BCUT2D eigenvalue weighted by atomic mass is 10.0. The summed E-state index contributed by atoms with van der Waals surface area (Å²) in [5, 5.41) is 1.05. The second-order valence-electron chi connectivity index (χ2n) is 2.11. The minimum absolute atomic E-state index is 0.676. The van der Waals surface area contributed by atoms with Crippen LogP contribution in [0.2, 0.25) is 0 Å². The molecule has 0 aliphatic heterocycles. The van der Waals surface area contributed by atoms with Crippen molar-refractivity contribution in [3.05, 3.63) is 12.2 Å². The van der Waals surface area contributed by atoms with Crippen molar-refractivity contribution >= 4 is 15.9 Å². The first-order chi connectivity index (χ1) is 3.72. The Hall–Kier alpha value is 0.220. The minimum Gasteiger partial charge on any atom is -0.0998 e. The van der Waals surface area contributed by atoms with Crippen LogP contribution in [0, 0.1) is 5.92 Å². The van der Waals surface area contributed by atoms with Crippen LogP contribution in [-0.4, -0.2) is 5.33 Å². The monoisotopic (exact) mass is 176 g/mol. The molecular weight excluding hydrogens is 164 g/mol. The number of alkyl halides is 1. The van der Waals surface area contributed by atoms with Crippen molar-refractivity contribution in [1.82, 2.24) is 0 Å². The molecule has 0 radical (unpaired) electrons. The van der Waals surface area contributed by atoms with Gasteiger partial charge in [0.15, 0.2) is 0 Å². The molecule has 0 aliphatic carbocycles. The van der Waals surface area contributed by atoms with Crippen LogP contribution < -0.4 is 0 Å². The van der Waals surface area contributed by atoms with E-state index in [1.807, 2.05) is 0 Å². The molecule has 0 unspecified atom stereocenters. The third-order valence-electron chi connectivity index (χ3n) is 1.38. The van der Waals surface area contributed by atoms with E-state index >= 15 is 0 Å². The third-order valence-corrected chi connectivity index (χ3v) is 2.16. The van der Waals surface area contributed by atoms with Crippen LogP contribution in [0.25, 0.3) is 0 Å². The van der Waals surface area contributed by atoms with Crippen LogP contribution in [0.3, 0.4) is 0 Å². The molecule has 1 atom stereocenters. The molecular formula is C7H13Br. The summed E-state index contributed by atoms with van der Waals surface area (Å²) in [6, 6.07) is 0. The van der Waals surface area contributed by atoms with Crippen molar-refractivity contribution in [1.29, 1.82) is 0 Å². The second kappa shape index (κ2) is 4.13. The first-order valence-corrected chi connectivity index (χ1v) is 4.05. The van der Waals surface area contributed by atoms with Crippen LogP contribution in [-0.2, 0) is 0 Å². The average Bonchev–Trinajstić information content (AvgIpc) is 1.69. The van der Waals surface area contributed by atoms with Gasteiger partial charge < -0.3 is 0 Å². The van der Waals surface area contributed by atoms with E-state index in [1.165, 1.54) is 12.0 Å². The summed E-state index contributed by atoms with van der Waals surface area (Å²) in [5.41, 5.74) is 1.28. The van der Waals surface area contributed by atoms with Crippen LogP contribution in [0.15, 0.2) is 12.2 Å². The number of rotatable bonds is 3. The second-order valence-corrected chi connectivity index (χ2v) is 2.75. The zero-order valence-corrected chi connectivity index (χ0v) is 7.16. The normalized spacial score (nSPS) is 13.4. The molecule has 0 aromatic heterocycles. The van der Waals surface area contributed by atoms with Gasteiger partial charge in [-0.25, -0.2) is 0 Å². The first kappa shape index (κ1) is 8.22. The molecule has 0 spiro atoms. The Morgan fingerprint density at radius 2 is 2.25 bits per heavy atom. The first-order valence-electron chi connectivity index (χ1n) is 2.93. The zero-order chi connectivity index (χ0) is 6.57. The maximum Gasteiger partial charge on any atom is 0.00966 e. The number of hydrogen-bond acceptors (Lipinski definition) is 0. The quantitative estimate of drug-likeness (QED) is 0.459. The summed E-state index contributed by atoms with van der Waals surface area (Å²) >= 11 is 3.42. The van der Waals surface area contributed by atoms with Crippen molar-refractivity contribution < 1.29 is 0 Å². The highest BCUT2D eigenvalue weighted by Gasteiger charge is 2.01. The van der Waals surface area contributed by atoms with Gasteiger partial charge in [-0.15, -0.1) is 0 Å². The Bertz CT molecular complexity index is 72.5. The van der Waals surface area contributed by atoms with E-state index < -0.39 is 0 Å². The fraction of sp³-hybridized carbons (Fsp3) is 0.714. The number of hydrogen-bond donors (Lipinski definition) is 0. The van der Waals surface area contributed by atoms with Crippen molar-refractivity contribution in [2.75, 3.05) is 5.33 Å². The highest BCUT2D eigenvalue weighted by molar-refractivity contribution is 9.09. The van der Waals surface area contributed by atoms with Gasteiger partial charge in [-0.05, 0) is 19.3 Å². The van der Waals surface area contributed by atoms with E-state index in [0.29, 0.717) is 5.92 Å². The van der Waals surface area contributed by atoms with Crippen molar-refractivity contribution in [3.63, 3.8) is 0 Å². The van der Waals surface area contributed by atoms with Crippen molar-refractivity contribution in [2.24, 2.45) is 5.92 Å². The summed E-state index contributed by atoms with van der Waals surface area (Å²) in [6.45, 7) is 8.13. The van der Waals surface area contributed by atoms with E-state index in [2.05, 4.69) is 36.4 Å². The smallest absolute Gasteiger partial charge is 0.00966 e. The summed E-state index contributed by atoms with van der Waals surface area (Å²) in [5.74, 6) is 0.676. The molecule has 8 heavy (non-hydrogen) atoms. The minimum atomic E-state index is 0.676. The molecule has 0 aromatic rings. The van der Waals surface area contributed by atoms with Gasteiger partial charge in [0.05, 0.1) is 0 Å². The summed E-state index contributed by atoms with van der Waals surface area (Å²) in [6.07, 6.45) is 1.20. The lowest BCUT2D eigenvalue weighted by molar-refractivity contribution is 0.673. The lowest BCUT2D eigenvalue weighted by Gasteiger charge is -2.08. The molecule has 0 amide bonds. The highest BCUT2D eigenvalue weighted by Crippen LogP contribution is 2.14. The van der Waals surface area contributed by atoms with E-state index in [-0.39, 0.29) is 0 Å². The molecule has 0 heterocycles. The maximum absolute atomic E-state index is 3.87. The Labute approximate surface area is 60.1 Å². The summed E-state index contributed by atoms with van der Waals surface area (Å²) in [7, 11) is 0. The average molecular weight is 177 g/mol. The predicted molar refractivity (Wildman–Crippen MR) is 42.4 cm³/mol. The van der Waals surface area contributed by atoms with Crippen LogP contribution in [0.5, 0.6) is 0 Å². The van der Waals surface area contributed by atoms with Crippen molar-refractivity contribution in [3.8, 4) is 0 Å². The van der Waals surface area contributed by atoms with Gasteiger partial charge >= 0.3 is 0 Å². The predicted octanol–water partition coefficient (Wildman–Crippen LogP) is 2.98. The fourth-order valence-electron chi connectivity index (χ4n) is 0.589. The van der Waals surface area contributed by atoms with E-state index in [9.17, 15) is 0 Å². The Morgan fingerprint density at radius 3 is 2.25 bits per heavy atom. The van der Waals surface area contributed by atoms with Crippen LogP contribution in [0.1, 0.15) is 20.3 Å². The van der Waals surface area contributed by atoms with Crippen molar-refractivity contribution in [2.45, 2.75) is 20.3 Å². The Kier molecular flexibility index (Phi) is 4.25. The van der Waals surface area contributed by atoms with E-state index in [1.54, 1.807) is 0 Å². The van der Waals surface area contributed by atoms with E-state index in [0.717, 1.165) is 5.33 Å². The van der Waals surface area contributed by atoms with Gasteiger partial charge in [-0.2, -0.15) is 0 Å². The third kappa shape index (κ3) is 2.51. The van der Waals surface area contributed by atoms with E-state index in [4.69, 9.17) is 0 Å². The summed E-state index contributed by atoms with van der Waals surface area (Å²) in [4.78, 5) is 0. The highest BCUT2D eigenvalue weighted by atomic mass is 79.9. The number of allylic oxidation sites excluding steroid dienone is 1. The maximum atomic E-state index is 3.87. The largest absolute Gasteiger partial charge is 0.0998 e. The zero-order valence-electron chi connectivity index (χ0n) is 5.58. The summed E-state index contributed by atoms with van der Waals surface area (Å²) < 4.78 is 0.